The van der Waals surface area contributed by atoms with E-state index in [1.54, 1.807) is 28.6 Å². The molecule has 0 fully saturated rings. The van der Waals surface area contributed by atoms with Gasteiger partial charge >= 0.3 is 0 Å². The van der Waals surface area contributed by atoms with Crippen molar-refractivity contribution >= 4 is 17.8 Å². The third-order valence-electron chi connectivity index (χ3n) is 8.39. The van der Waals surface area contributed by atoms with Crippen LogP contribution in [0, 0.1) is 6.92 Å². The Bertz CT molecular complexity index is 1390. The number of amides is 2. The fourth-order valence-corrected chi connectivity index (χ4v) is 5.09. The molecule has 0 unspecified atom stereocenters. The predicted molar refractivity (Wildman–Crippen MR) is 241 cm³/mol. The highest BCUT2D eigenvalue weighted by atomic mass is 16.6. The van der Waals surface area contributed by atoms with Gasteiger partial charge in [-0.05, 0) is 13.8 Å². The van der Waals surface area contributed by atoms with Crippen LogP contribution in [0.25, 0.3) is 0 Å². The number of ether oxygens (including phenoxy) is 12. The molecule has 0 aliphatic rings. The highest BCUT2D eigenvalue weighted by molar-refractivity contribution is 5.76. The molecule has 1 heterocycles. The summed E-state index contributed by atoms with van der Waals surface area (Å²) in [4.78, 5) is 36.1. The minimum absolute atomic E-state index is 0.0820. The number of rotatable bonds is 49. The van der Waals surface area contributed by atoms with Crippen LogP contribution in [0.2, 0.25) is 0 Å². The summed E-state index contributed by atoms with van der Waals surface area (Å²) in [6.45, 7) is 17.0. The number of carbonyl (C=O) groups is 2. The summed E-state index contributed by atoms with van der Waals surface area (Å²) in [6, 6.07) is 0. The van der Waals surface area contributed by atoms with Crippen LogP contribution in [-0.4, -0.2) is 234 Å². The molecule has 2 amide bonds. The van der Waals surface area contributed by atoms with E-state index < -0.39 is 0 Å². The minimum atomic E-state index is -0.151. The molecule has 24 nitrogen and oxygen atoms in total. The second kappa shape index (κ2) is 45.0. The average molecular weight is 950 g/mol. The molecule has 1 rings (SSSR count). The van der Waals surface area contributed by atoms with Crippen LogP contribution in [0.15, 0.2) is 23.8 Å². The molecule has 0 saturated carbocycles. The number of aromatic nitrogens is 3. The van der Waals surface area contributed by atoms with Gasteiger partial charge in [-0.2, -0.15) is 0 Å². The van der Waals surface area contributed by atoms with E-state index in [2.05, 4.69) is 20.9 Å². The third-order valence-corrected chi connectivity index (χ3v) is 8.39. The lowest BCUT2D eigenvalue weighted by Crippen LogP contribution is -2.39. The monoisotopic (exact) mass is 950 g/mol. The lowest BCUT2D eigenvalue weighted by atomic mass is 10.3. The molecule has 0 aromatic carbocycles. The van der Waals surface area contributed by atoms with Gasteiger partial charge < -0.3 is 83.1 Å². The van der Waals surface area contributed by atoms with Crippen molar-refractivity contribution in [3.05, 3.63) is 29.5 Å². The molecule has 0 bridgehead atoms. The lowest BCUT2D eigenvalue weighted by Gasteiger charge is -2.24. The number of nitrogens with zero attached hydrogens (tertiary/aromatic N) is 5. The van der Waals surface area contributed by atoms with Crippen LogP contribution in [-0.2, 0) is 77.8 Å². The van der Waals surface area contributed by atoms with Gasteiger partial charge in [0.15, 0.2) is 0 Å². The fourth-order valence-electron chi connectivity index (χ4n) is 5.09. The van der Waals surface area contributed by atoms with Gasteiger partial charge in [0.05, 0.1) is 196 Å². The van der Waals surface area contributed by atoms with E-state index in [-0.39, 0.29) is 38.0 Å². The molecule has 0 atom stereocenters. The van der Waals surface area contributed by atoms with Crippen molar-refractivity contribution in [2.75, 3.05) is 191 Å². The Morgan fingerprint density at radius 2 is 1.03 bits per heavy atom. The van der Waals surface area contributed by atoms with Crippen molar-refractivity contribution in [3.8, 4) is 0 Å². The second-order valence-electron chi connectivity index (χ2n) is 14.1. The quantitative estimate of drug-likeness (QED) is 0.0249. The molecule has 1 aromatic heterocycles. The van der Waals surface area contributed by atoms with Crippen LogP contribution in [0.1, 0.15) is 26.0 Å². The van der Waals surface area contributed by atoms with E-state index in [0.717, 1.165) is 5.69 Å². The Hall–Kier alpha value is -3.85. The van der Waals surface area contributed by atoms with Crippen molar-refractivity contribution in [2.45, 2.75) is 33.7 Å². The summed E-state index contributed by atoms with van der Waals surface area (Å²) in [5, 5.41) is 14.9. The van der Waals surface area contributed by atoms with E-state index in [1.165, 1.54) is 11.9 Å². The van der Waals surface area contributed by atoms with Crippen molar-refractivity contribution in [3.63, 3.8) is 0 Å². The van der Waals surface area contributed by atoms with Gasteiger partial charge in [0.25, 0.3) is 0 Å². The number of nitrogens with two attached hydrogens (primary N) is 2. The first-order chi connectivity index (χ1) is 32.2. The number of hydrogen-bond acceptors (Lipinski definition) is 21. The Kier molecular flexibility index (Phi) is 41.0. The average Bonchev–Trinajstić information content (AvgIpc) is 3.72. The van der Waals surface area contributed by atoms with Crippen LogP contribution in [0.3, 0.4) is 0 Å². The lowest BCUT2D eigenvalue weighted by molar-refractivity contribution is -0.133. The Balaban J connectivity index is 2.24. The normalized spacial score (nSPS) is 11.5. The number of nitrogens with one attached hydrogen (secondary N) is 2. The predicted octanol–water partition coefficient (Wildman–Crippen LogP) is -1.56. The maximum atomic E-state index is 13.2. The molecular formula is C42H79N9O15. The Morgan fingerprint density at radius 1 is 0.621 bits per heavy atom. The first-order valence-electron chi connectivity index (χ1n) is 22.5. The van der Waals surface area contributed by atoms with E-state index in [4.69, 9.17) is 68.4 Å². The molecule has 6 N–H and O–H groups in total. The van der Waals surface area contributed by atoms with Gasteiger partial charge in [-0.1, -0.05) is 5.21 Å². The minimum Gasteiger partial charge on any atom is -0.399 e. The fraction of sp³-hybridized carbons (Fsp3) is 0.810. The molecule has 382 valence electrons. The zero-order valence-corrected chi connectivity index (χ0v) is 39.6. The van der Waals surface area contributed by atoms with E-state index >= 15 is 0 Å². The van der Waals surface area contributed by atoms with Gasteiger partial charge in [0, 0.05) is 44.7 Å². The van der Waals surface area contributed by atoms with Crippen LogP contribution >= 0.6 is 0 Å². The van der Waals surface area contributed by atoms with Crippen LogP contribution in [0.4, 0.5) is 0 Å². The zero-order valence-electron chi connectivity index (χ0n) is 39.6. The molecule has 0 spiro atoms. The summed E-state index contributed by atoms with van der Waals surface area (Å²) in [5.41, 5.74) is 8.00. The van der Waals surface area contributed by atoms with Crippen molar-refractivity contribution in [2.24, 2.45) is 11.6 Å². The largest absolute Gasteiger partial charge is 0.399 e. The molecular weight excluding hydrogens is 871 g/mol. The molecule has 0 aliphatic carbocycles. The van der Waals surface area contributed by atoms with Gasteiger partial charge in [-0.25, -0.2) is 15.3 Å². The highest BCUT2D eigenvalue weighted by Crippen LogP contribution is 2.01. The number of carbonyl (C=O) groups excluding carboxylic acids is 3. The number of aryl methyl sites for hydroxylation is 1. The molecule has 24 heteroatoms. The zero-order chi connectivity index (χ0) is 48.0. The van der Waals surface area contributed by atoms with Gasteiger partial charge in [0.1, 0.15) is 5.94 Å². The maximum Gasteiger partial charge on any atom is 0.225 e. The van der Waals surface area contributed by atoms with E-state index in [0.29, 0.717) is 189 Å². The van der Waals surface area contributed by atoms with Gasteiger partial charge in [-0.3, -0.25) is 9.59 Å². The number of hydrogen-bond donors (Lipinski definition) is 4. The Labute approximate surface area is 390 Å². The summed E-state index contributed by atoms with van der Waals surface area (Å²) < 4.78 is 68.1. The first-order valence-corrected chi connectivity index (χ1v) is 22.5. The topological polar surface area (TPSA) is 275 Å². The standard InChI is InChI=1S/C42H79N9O15/c1-38-34-51(48-47-38)9-15-60-19-16-55-10-4-42(54)49(7-13-58-20-24-63-28-32-65-30-26-61-22-17-56-11-5-45-39(2)37-52)35-41(43)36-50(44)8-14-59-21-25-64-29-33-66-31-27-62-23-18-57-12-6-46-40(3)53/h34,36,45H,4-33,35,43-44H2,1-3H3,(H,46,53)/b41-36-. The molecule has 0 radical (unpaired) electrons. The van der Waals surface area contributed by atoms with Crippen molar-refractivity contribution < 1.29 is 71.2 Å². The Morgan fingerprint density at radius 3 is 1.47 bits per heavy atom. The van der Waals surface area contributed by atoms with Gasteiger partial charge in [0.2, 0.25) is 11.8 Å². The van der Waals surface area contributed by atoms with Crippen molar-refractivity contribution in [1.29, 1.82) is 0 Å². The summed E-state index contributed by atoms with van der Waals surface area (Å²) in [7, 11) is 0. The first kappa shape index (κ1) is 60.2. The highest BCUT2D eigenvalue weighted by Gasteiger charge is 2.15. The van der Waals surface area contributed by atoms with Crippen molar-refractivity contribution in [1.82, 2.24) is 35.5 Å². The summed E-state index contributed by atoms with van der Waals surface area (Å²) >= 11 is 0. The number of allylic oxidation sites excluding steroid dienone is 1. The molecule has 0 aliphatic heterocycles. The SMILES string of the molecule is CC(=O)NCCOCCOCCOCCOCCOCCN(N)/C=C(\N)CN(CCOCCOCCOCCOCCOCCNC(C)=C=O)C(=O)CCOCCOCCn1cc(C)nn1. The molecule has 66 heavy (non-hydrogen) atoms. The number of hydrazine groups is 1. The third kappa shape index (κ3) is 40.4. The van der Waals surface area contributed by atoms with Gasteiger partial charge in [-0.15, -0.1) is 5.10 Å². The van der Waals surface area contributed by atoms with Crippen LogP contribution in [0.5, 0.6) is 0 Å². The summed E-state index contributed by atoms with van der Waals surface area (Å²) in [5.74, 6) is 7.68. The summed E-state index contributed by atoms with van der Waals surface area (Å²) in [6.07, 6.45) is 3.57. The van der Waals surface area contributed by atoms with E-state index in [9.17, 15) is 14.4 Å². The molecule has 0 saturated heterocycles. The van der Waals surface area contributed by atoms with Crippen LogP contribution < -0.4 is 22.2 Å². The second-order valence-corrected chi connectivity index (χ2v) is 14.1. The maximum absolute atomic E-state index is 13.2. The smallest absolute Gasteiger partial charge is 0.225 e. The van der Waals surface area contributed by atoms with E-state index in [1.807, 2.05) is 13.1 Å². The molecule has 1 aromatic rings.